The zero-order chi connectivity index (χ0) is 9.00. The molecule has 0 aromatic carbocycles. The Morgan fingerprint density at radius 1 is 1.18 bits per heavy atom. The summed E-state index contributed by atoms with van der Waals surface area (Å²) >= 11 is -5.38. The Labute approximate surface area is 106 Å². The summed E-state index contributed by atoms with van der Waals surface area (Å²) in [6.45, 7) is 0. The molecule has 8 nitrogen and oxygen atoms in total. The Balaban J connectivity index is -0.000000107. The van der Waals surface area contributed by atoms with Crippen LogP contribution >= 0.6 is 0 Å². The minimum atomic E-state index is -5.38. The first-order chi connectivity index (χ1) is 4.00. The molecule has 0 rings (SSSR count). The third-order valence-corrected chi connectivity index (χ3v) is 0. The van der Waals surface area contributed by atoms with Gasteiger partial charge in [-0.05, 0) is 0 Å². The fraction of sp³-hybridized carbons (Fsp3) is 0. The fourth-order valence-electron chi connectivity index (χ4n) is 0. The van der Waals surface area contributed by atoms with Crippen LogP contribution in [0.15, 0.2) is 0 Å². The van der Waals surface area contributed by atoms with E-state index in [-0.39, 0.29) is 51.4 Å². The molecule has 0 aromatic rings. The van der Waals surface area contributed by atoms with Gasteiger partial charge in [0.25, 0.3) is 0 Å². The maximum absolute atomic E-state index is 8.69. The van der Waals surface area contributed by atoms with Crippen LogP contribution in [-0.4, -0.2) is 21.7 Å². The molecule has 2 N–H and O–H groups in total. The topological polar surface area (TPSA) is 149 Å². The summed E-state index contributed by atoms with van der Waals surface area (Å²) in [5.41, 5.74) is 0. The first kappa shape index (κ1) is 18.2. The second-order valence-corrected chi connectivity index (χ2v) is 2.92. The Morgan fingerprint density at radius 2 is 1.18 bits per heavy atom. The molecule has 0 unspecified atom stereocenters. The Morgan fingerprint density at radius 3 is 1.18 bits per heavy atom. The van der Waals surface area contributed by atoms with Crippen LogP contribution in [0, 0.1) is 0 Å². The number of rotatable bonds is 0. The molecule has 0 aliphatic rings. The van der Waals surface area contributed by atoms with Crippen LogP contribution in [0.3, 0.4) is 0 Å². The van der Waals surface area contributed by atoms with Crippen LogP contribution in [0.1, 0.15) is 0 Å². The predicted octanol–water partition coefficient (Wildman–Crippen LogP) is -4.91. The second-order valence-electron chi connectivity index (χ2n) is 0.824. The predicted molar refractivity (Wildman–Crippen MR) is 16.6 cm³/mol. The third-order valence-electron chi connectivity index (χ3n) is 0. The van der Waals surface area contributed by atoms with E-state index in [2.05, 4.69) is 0 Å². The standard InChI is InChI=1S/K.Mn.H2O4S.H2O.3O/c;;1-5(2,3)4;;;;/h;;(H2,1,2,3,4);1H2;;;/q2*+1;;;;;/p-2. The van der Waals surface area contributed by atoms with Crippen molar-refractivity contribution >= 4 is 10.4 Å². The molecule has 0 radical (unpaired) electrons. The minimum absolute atomic E-state index is 0. The quantitative estimate of drug-likeness (QED) is 0.249. The van der Waals surface area contributed by atoms with Gasteiger partial charge in [0, 0.05) is 0 Å². The molecule has 11 heavy (non-hydrogen) atoms. The van der Waals surface area contributed by atoms with Crippen LogP contribution < -0.4 is 51.4 Å². The van der Waals surface area contributed by atoms with E-state index in [0.717, 1.165) is 0 Å². The first-order valence-electron chi connectivity index (χ1n) is 1.31. The molecule has 0 saturated carbocycles. The second kappa shape index (κ2) is 6.85. The molecule has 0 saturated heterocycles. The zero-order valence-corrected chi connectivity index (χ0v) is 10.3. The van der Waals surface area contributed by atoms with E-state index in [1.54, 1.807) is 0 Å². The molecule has 0 spiro atoms. The SMILES string of the molecule is O=S(=O)([O-])O.[K+].[O]=[Mn](=[O])(=[O])[OH]. The normalized spacial score (nSPS) is 10.5. The van der Waals surface area contributed by atoms with E-state index in [4.69, 9.17) is 33.2 Å². The van der Waals surface area contributed by atoms with Gasteiger partial charge in [0.1, 0.15) is 0 Å². The maximum atomic E-state index is 8.69. The molecule has 0 fully saturated rings. The van der Waals surface area contributed by atoms with Gasteiger partial charge in [-0.3, -0.25) is 4.55 Å². The summed E-state index contributed by atoms with van der Waals surface area (Å²) in [4.78, 5) is 0. The number of hydrogen-bond acceptors (Lipinski definition) is 6. The summed E-state index contributed by atoms with van der Waals surface area (Å²) in [7, 11) is -4.92. The molecule has 64 valence electrons. The van der Waals surface area contributed by atoms with Crippen LogP contribution in [0.25, 0.3) is 0 Å². The number of hydrogen-bond donors (Lipinski definition) is 2. The van der Waals surface area contributed by atoms with Gasteiger partial charge in [0.2, 0.25) is 10.4 Å². The van der Waals surface area contributed by atoms with Crippen LogP contribution in [0.4, 0.5) is 0 Å². The average Bonchev–Trinajstić information content (AvgIpc) is 1.12. The van der Waals surface area contributed by atoms with E-state index in [0.29, 0.717) is 0 Å². The Hall–Kier alpha value is 1.39. The molecule has 0 amide bonds. The molecule has 0 heterocycles. The summed E-state index contributed by atoms with van der Waals surface area (Å²) < 4.78 is 65.9. The van der Waals surface area contributed by atoms with Crippen molar-refractivity contribution in [3.05, 3.63) is 0 Å². The van der Waals surface area contributed by atoms with E-state index in [1.807, 2.05) is 0 Å². The third kappa shape index (κ3) is 522. The van der Waals surface area contributed by atoms with Crippen molar-refractivity contribution < 1.29 is 97.6 Å². The van der Waals surface area contributed by atoms with Crippen molar-refractivity contribution in [2.75, 3.05) is 0 Å². The van der Waals surface area contributed by atoms with E-state index >= 15 is 0 Å². The molecule has 0 aliphatic heterocycles. The first-order valence-corrected chi connectivity index (χ1v) is 4.65. The average molecular weight is 256 g/mol. The van der Waals surface area contributed by atoms with Gasteiger partial charge in [-0.25, -0.2) is 8.42 Å². The molecule has 0 atom stereocenters. The Bertz CT molecular complexity index is 289. The van der Waals surface area contributed by atoms with Gasteiger partial charge in [-0.2, -0.15) is 0 Å². The Kier molecular flexibility index (Phi) is 11.4. The van der Waals surface area contributed by atoms with Gasteiger partial charge >= 0.3 is 80.0 Å². The van der Waals surface area contributed by atoms with Crippen molar-refractivity contribution in [1.82, 2.24) is 0 Å². The summed E-state index contributed by atoms with van der Waals surface area (Å²) in [6.07, 6.45) is 0. The van der Waals surface area contributed by atoms with Crippen molar-refractivity contribution in [2.45, 2.75) is 0 Å². The summed E-state index contributed by atoms with van der Waals surface area (Å²) in [5, 5.41) is 0. The summed E-state index contributed by atoms with van der Waals surface area (Å²) in [5.74, 6) is 0. The zero-order valence-electron chi connectivity index (χ0n) is 5.13. The van der Waals surface area contributed by atoms with Crippen LogP contribution in [-0.2, 0) is 34.9 Å². The summed E-state index contributed by atoms with van der Waals surface area (Å²) in [6, 6.07) is 0. The van der Waals surface area contributed by atoms with Crippen LogP contribution in [0.5, 0.6) is 0 Å². The fourth-order valence-corrected chi connectivity index (χ4v) is 0. The van der Waals surface area contributed by atoms with E-state index in [1.165, 1.54) is 0 Å². The molecular formula is H2KMnO8S. The molecular weight excluding hydrogens is 254 g/mol. The van der Waals surface area contributed by atoms with Crippen molar-refractivity contribution in [1.29, 1.82) is 0 Å². The van der Waals surface area contributed by atoms with Gasteiger partial charge in [0.05, 0.1) is 0 Å². The van der Waals surface area contributed by atoms with Gasteiger partial charge < -0.3 is 4.55 Å². The van der Waals surface area contributed by atoms with Crippen LogP contribution in [0.2, 0.25) is 0 Å². The monoisotopic (exact) mass is 256 g/mol. The molecule has 0 bridgehead atoms. The molecule has 11 heteroatoms. The van der Waals surface area contributed by atoms with Gasteiger partial charge in [-0.1, -0.05) is 0 Å². The van der Waals surface area contributed by atoms with E-state index in [9.17, 15) is 0 Å². The van der Waals surface area contributed by atoms with E-state index < -0.39 is 23.4 Å². The van der Waals surface area contributed by atoms with Crippen molar-refractivity contribution in [3.8, 4) is 0 Å². The molecule has 0 aliphatic carbocycles. The van der Waals surface area contributed by atoms with Gasteiger partial charge in [0.15, 0.2) is 0 Å². The van der Waals surface area contributed by atoms with Gasteiger partial charge in [-0.15, -0.1) is 0 Å². The van der Waals surface area contributed by atoms with Crippen molar-refractivity contribution in [3.63, 3.8) is 0 Å². The van der Waals surface area contributed by atoms with Crippen molar-refractivity contribution in [2.24, 2.45) is 0 Å². The molecule has 0 aromatic heterocycles.